The number of nitrogens with zero attached hydrogens (tertiary/aromatic N) is 4. The lowest BCUT2D eigenvalue weighted by atomic mass is 10.2. The molecule has 1 aromatic carbocycles. The molecule has 1 amide bonds. The van der Waals surface area contributed by atoms with Crippen molar-refractivity contribution >= 4 is 44.1 Å². The molecule has 4 heterocycles. The van der Waals surface area contributed by atoms with Crippen molar-refractivity contribution in [1.29, 1.82) is 0 Å². The fraction of sp³-hybridized carbons (Fsp3) is 0.381. The molecule has 0 aliphatic carbocycles. The van der Waals surface area contributed by atoms with Crippen LogP contribution in [-0.2, 0) is 4.74 Å². The van der Waals surface area contributed by atoms with Crippen molar-refractivity contribution in [2.75, 3.05) is 54.5 Å². The van der Waals surface area contributed by atoms with Gasteiger partial charge >= 0.3 is 0 Å². The molecule has 8 heteroatoms. The van der Waals surface area contributed by atoms with Gasteiger partial charge in [-0.1, -0.05) is 11.3 Å². The minimum Gasteiger partial charge on any atom is -0.378 e. The molecule has 2 aromatic heterocycles. The van der Waals surface area contributed by atoms with E-state index in [0.717, 1.165) is 79.1 Å². The molecule has 5 rings (SSSR count). The van der Waals surface area contributed by atoms with Crippen LogP contribution in [0.3, 0.4) is 0 Å². The quantitative estimate of drug-likeness (QED) is 0.712. The highest BCUT2D eigenvalue weighted by atomic mass is 32.1. The fourth-order valence-corrected chi connectivity index (χ4v) is 4.89. The largest absolute Gasteiger partial charge is 0.378 e. The zero-order chi connectivity index (χ0) is 19.6. The molecular weight excluding hydrogens is 386 g/mol. The van der Waals surface area contributed by atoms with Crippen LogP contribution in [0.25, 0.3) is 10.2 Å². The monoisotopic (exact) mass is 409 g/mol. The highest BCUT2D eigenvalue weighted by Gasteiger charge is 2.21. The Morgan fingerprint density at radius 2 is 1.90 bits per heavy atom. The van der Waals surface area contributed by atoms with Crippen LogP contribution in [0.2, 0.25) is 0 Å². The minimum atomic E-state index is -0.128. The maximum Gasteiger partial charge on any atom is 0.259 e. The Hall–Kier alpha value is -2.71. The molecule has 0 unspecified atom stereocenters. The normalized spacial score (nSPS) is 17.1. The number of hydrogen-bond donors (Lipinski definition) is 1. The first-order valence-corrected chi connectivity index (χ1v) is 10.8. The van der Waals surface area contributed by atoms with Gasteiger partial charge in [0.1, 0.15) is 5.82 Å². The Balaban J connectivity index is 1.37. The van der Waals surface area contributed by atoms with Crippen molar-refractivity contribution in [1.82, 2.24) is 9.97 Å². The van der Waals surface area contributed by atoms with Crippen LogP contribution in [-0.4, -0.2) is 55.3 Å². The average molecular weight is 410 g/mol. The van der Waals surface area contributed by atoms with Gasteiger partial charge in [-0.3, -0.25) is 4.79 Å². The molecule has 150 valence electrons. The van der Waals surface area contributed by atoms with E-state index in [2.05, 4.69) is 20.1 Å². The average Bonchev–Trinajstić information content (AvgIpc) is 3.44. The molecule has 0 atom stereocenters. The van der Waals surface area contributed by atoms with Gasteiger partial charge in [-0.25, -0.2) is 9.97 Å². The summed E-state index contributed by atoms with van der Waals surface area (Å²) in [5, 5.41) is 4.05. The van der Waals surface area contributed by atoms with Crippen LogP contribution in [0.1, 0.15) is 23.2 Å². The van der Waals surface area contributed by atoms with E-state index in [1.165, 1.54) is 0 Å². The summed E-state index contributed by atoms with van der Waals surface area (Å²) >= 11 is 1.65. The number of anilines is 3. The van der Waals surface area contributed by atoms with Crippen LogP contribution < -0.4 is 15.1 Å². The van der Waals surface area contributed by atoms with Gasteiger partial charge in [0.15, 0.2) is 5.13 Å². The van der Waals surface area contributed by atoms with E-state index in [9.17, 15) is 4.79 Å². The summed E-state index contributed by atoms with van der Waals surface area (Å²) < 4.78 is 6.49. The first-order valence-electron chi connectivity index (χ1n) is 10.0. The van der Waals surface area contributed by atoms with E-state index in [1.807, 2.05) is 30.3 Å². The van der Waals surface area contributed by atoms with Crippen LogP contribution in [0.15, 0.2) is 36.5 Å². The first-order chi connectivity index (χ1) is 14.3. The molecule has 2 aliphatic rings. The summed E-state index contributed by atoms with van der Waals surface area (Å²) in [5.41, 5.74) is 2.34. The van der Waals surface area contributed by atoms with E-state index >= 15 is 0 Å². The number of fused-ring (bicyclic) bond motifs is 1. The van der Waals surface area contributed by atoms with Gasteiger partial charge in [0.05, 0.1) is 29.0 Å². The number of amides is 1. The Labute approximate surface area is 173 Å². The topological polar surface area (TPSA) is 70.6 Å². The molecule has 2 aliphatic heterocycles. The van der Waals surface area contributed by atoms with Crippen molar-refractivity contribution in [3.05, 3.63) is 42.1 Å². The number of benzene rings is 1. The summed E-state index contributed by atoms with van der Waals surface area (Å²) in [6.07, 6.45) is 4.04. The summed E-state index contributed by atoms with van der Waals surface area (Å²) in [7, 11) is 0. The van der Waals surface area contributed by atoms with E-state index in [4.69, 9.17) is 9.72 Å². The highest BCUT2D eigenvalue weighted by molar-refractivity contribution is 7.22. The van der Waals surface area contributed by atoms with Crippen LogP contribution in [0, 0.1) is 0 Å². The summed E-state index contributed by atoms with van der Waals surface area (Å²) in [4.78, 5) is 26.6. The zero-order valence-corrected chi connectivity index (χ0v) is 17.0. The maximum atomic E-state index is 13.0. The van der Waals surface area contributed by atoms with Gasteiger partial charge in [0, 0.05) is 38.1 Å². The van der Waals surface area contributed by atoms with Gasteiger partial charge in [-0.2, -0.15) is 0 Å². The molecular formula is C21H23N5O2S. The summed E-state index contributed by atoms with van der Waals surface area (Å²) in [6.45, 7) is 5.11. The van der Waals surface area contributed by atoms with Crippen molar-refractivity contribution in [3.8, 4) is 0 Å². The van der Waals surface area contributed by atoms with Crippen LogP contribution in [0.4, 0.5) is 16.6 Å². The highest BCUT2D eigenvalue weighted by Crippen LogP contribution is 2.31. The maximum absolute atomic E-state index is 13.0. The number of thiazole rings is 1. The lowest BCUT2D eigenvalue weighted by molar-refractivity contribution is 0.102. The molecule has 29 heavy (non-hydrogen) atoms. The molecule has 3 aromatic rings. The second-order valence-electron chi connectivity index (χ2n) is 7.30. The van der Waals surface area contributed by atoms with Gasteiger partial charge < -0.3 is 19.9 Å². The Bertz CT molecular complexity index is 1020. The molecule has 0 bridgehead atoms. The predicted octanol–water partition coefficient (Wildman–Crippen LogP) is 3.38. The third kappa shape index (κ3) is 3.77. The standard InChI is InChI=1S/C21H23N5O2S/c27-20(16-4-3-7-22-19(16)25-8-1-2-9-25)23-15-5-6-17-18(14-15)29-21(24-17)26-10-12-28-13-11-26/h3-7,14H,1-2,8-13H2,(H,23,27). The SMILES string of the molecule is O=C(Nc1ccc2nc(N3CCOCC3)sc2c1)c1cccnc1N1CCCC1. The lowest BCUT2D eigenvalue weighted by Gasteiger charge is -2.25. The molecule has 0 spiro atoms. The smallest absolute Gasteiger partial charge is 0.259 e. The minimum absolute atomic E-state index is 0.128. The number of pyridine rings is 1. The third-order valence-corrected chi connectivity index (χ3v) is 6.43. The first kappa shape index (κ1) is 18.3. The Morgan fingerprint density at radius 1 is 1.07 bits per heavy atom. The zero-order valence-electron chi connectivity index (χ0n) is 16.1. The van der Waals surface area contributed by atoms with Crippen LogP contribution >= 0.6 is 11.3 Å². The molecule has 7 nitrogen and oxygen atoms in total. The lowest BCUT2D eigenvalue weighted by Crippen LogP contribution is -2.36. The second-order valence-corrected chi connectivity index (χ2v) is 8.31. The second kappa shape index (κ2) is 7.96. The van der Waals surface area contributed by atoms with Crippen molar-refractivity contribution in [3.63, 3.8) is 0 Å². The number of aromatic nitrogens is 2. The van der Waals surface area contributed by atoms with E-state index in [-0.39, 0.29) is 5.91 Å². The number of nitrogens with one attached hydrogen (secondary N) is 1. The number of rotatable bonds is 4. The van der Waals surface area contributed by atoms with Gasteiger partial charge in [-0.15, -0.1) is 0 Å². The third-order valence-electron chi connectivity index (χ3n) is 5.35. The molecule has 2 fully saturated rings. The van der Waals surface area contributed by atoms with Crippen molar-refractivity contribution in [2.24, 2.45) is 0 Å². The van der Waals surface area contributed by atoms with Gasteiger partial charge in [-0.05, 0) is 43.2 Å². The summed E-state index contributed by atoms with van der Waals surface area (Å²) in [6, 6.07) is 9.54. The van der Waals surface area contributed by atoms with E-state index in [0.29, 0.717) is 5.56 Å². The van der Waals surface area contributed by atoms with E-state index in [1.54, 1.807) is 17.5 Å². The number of morpholine rings is 1. The Morgan fingerprint density at radius 3 is 2.72 bits per heavy atom. The predicted molar refractivity (Wildman–Crippen MR) is 116 cm³/mol. The molecule has 0 radical (unpaired) electrons. The number of ether oxygens (including phenoxy) is 1. The van der Waals surface area contributed by atoms with Crippen molar-refractivity contribution in [2.45, 2.75) is 12.8 Å². The fourth-order valence-electron chi connectivity index (χ4n) is 3.83. The Kier molecular flexibility index (Phi) is 5.03. The molecule has 0 saturated carbocycles. The summed E-state index contributed by atoms with van der Waals surface area (Å²) in [5.74, 6) is 0.647. The van der Waals surface area contributed by atoms with E-state index < -0.39 is 0 Å². The van der Waals surface area contributed by atoms with Gasteiger partial charge in [0.2, 0.25) is 0 Å². The number of carbonyl (C=O) groups is 1. The van der Waals surface area contributed by atoms with Gasteiger partial charge in [0.25, 0.3) is 5.91 Å². The molecule has 2 saturated heterocycles. The van der Waals surface area contributed by atoms with Crippen LogP contribution in [0.5, 0.6) is 0 Å². The van der Waals surface area contributed by atoms with Crippen molar-refractivity contribution < 1.29 is 9.53 Å². The number of hydrogen-bond acceptors (Lipinski definition) is 7. The number of carbonyl (C=O) groups excluding carboxylic acids is 1. The molecule has 1 N–H and O–H groups in total.